The Kier molecular flexibility index (Phi) is 6.77. The molecular weight excluding hydrogens is 383 g/mol. The van der Waals surface area contributed by atoms with Gasteiger partial charge in [0.1, 0.15) is 18.5 Å². The molecule has 0 aliphatic heterocycles. The van der Waals surface area contributed by atoms with Crippen molar-refractivity contribution >= 4 is 18.6 Å². The van der Waals surface area contributed by atoms with Crippen molar-refractivity contribution in [2.24, 2.45) is 5.92 Å². The molecule has 0 aliphatic rings. The number of nitrogens with one attached hydrogen (secondary N) is 2. The Morgan fingerprint density at radius 2 is 2.00 bits per heavy atom. The molecule has 0 bridgehead atoms. The molecule has 2 heterocycles. The van der Waals surface area contributed by atoms with Gasteiger partial charge >= 0.3 is 7.60 Å². The van der Waals surface area contributed by atoms with Gasteiger partial charge in [-0.2, -0.15) is 4.98 Å². The van der Waals surface area contributed by atoms with E-state index in [1.807, 2.05) is 30.3 Å². The first-order valence-corrected chi connectivity index (χ1v) is 10.6. The highest BCUT2D eigenvalue weighted by atomic mass is 31.2. The largest absolute Gasteiger partial charge is 0.471 e. The number of aliphatic hydroxyl groups excluding tert-OH is 1. The Bertz CT molecular complexity index is 944. The number of nitrogens with zero attached hydrogens (tertiary/aromatic N) is 2. The van der Waals surface area contributed by atoms with Crippen LogP contribution in [-0.2, 0) is 17.7 Å². The first-order chi connectivity index (χ1) is 13.5. The minimum atomic E-state index is -4.16. The number of rotatable bonds is 10. The van der Waals surface area contributed by atoms with Crippen molar-refractivity contribution in [2.45, 2.75) is 13.2 Å². The maximum atomic E-state index is 11.1. The number of hydrogen-bond donors (Lipinski definition) is 5. The van der Waals surface area contributed by atoms with Crippen LogP contribution < -0.4 is 10.1 Å². The minimum Gasteiger partial charge on any atom is -0.471 e. The third-order valence-electron chi connectivity index (χ3n) is 4.23. The van der Waals surface area contributed by atoms with Crippen LogP contribution in [-0.4, -0.2) is 49.2 Å². The van der Waals surface area contributed by atoms with Gasteiger partial charge in [0.25, 0.3) is 0 Å². The van der Waals surface area contributed by atoms with Gasteiger partial charge in [-0.3, -0.25) is 4.57 Å². The molecule has 0 saturated carbocycles. The number of benzene rings is 1. The van der Waals surface area contributed by atoms with E-state index in [0.717, 1.165) is 11.1 Å². The zero-order valence-corrected chi connectivity index (χ0v) is 16.0. The zero-order chi connectivity index (χ0) is 20.0. The van der Waals surface area contributed by atoms with E-state index < -0.39 is 13.5 Å². The molecule has 3 aromatic rings. The van der Waals surface area contributed by atoms with E-state index in [4.69, 9.17) is 14.5 Å². The zero-order valence-electron chi connectivity index (χ0n) is 15.2. The molecule has 5 N–H and O–H groups in total. The number of aromatic amines is 1. The van der Waals surface area contributed by atoms with Gasteiger partial charge in [-0.25, -0.2) is 4.98 Å². The Morgan fingerprint density at radius 3 is 2.71 bits per heavy atom. The summed E-state index contributed by atoms with van der Waals surface area (Å²) in [4.78, 5) is 29.7. The number of H-pyrrole nitrogens is 1. The monoisotopic (exact) mass is 406 g/mol. The van der Waals surface area contributed by atoms with E-state index in [9.17, 15) is 9.67 Å². The maximum Gasteiger partial charge on any atom is 0.325 e. The lowest BCUT2D eigenvalue weighted by molar-refractivity contribution is 0.228. The highest BCUT2D eigenvalue weighted by molar-refractivity contribution is 7.51. The summed E-state index contributed by atoms with van der Waals surface area (Å²) in [5.41, 5.74) is 3.29. The molecule has 1 aromatic carbocycles. The smallest absolute Gasteiger partial charge is 0.325 e. The summed E-state index contributed by atoms with van der Waals surface area (Å²) in [5.74, 6) is -0.0692. The molecule has 0 aliphatic carbocycles. The van der Waals surface area contributed by atoms with E-state index >= 15 is 0 Å². The summed E-state index contributed by atoms with van der Waals surface area (Å²) in [6.07, 6.45) is 2.87. The van der Waals surface area contributed by atoms with E-state index in [2.05, 4.69) is 20.3 Å². The molecule has 150 valence electrons. The Balaban J connectivity index is 1.63. The molecule has 3 rings (SSSR count). The maximum absolute atomic E-state index is 11.1. The number of aromatic nitrogens is 3. The Hall–Kier alpha value is -2.29. The highest BCUT2D eigenvalue weighted by Gasteiger charge is 2.21. The van der Waals surface area contributed by atoms with Crippen LogP contribution in [0.4, 0.5) is 0 Å². The lowest BCUT2D eigenvalue weighted by Crippen LogP contribution is -2.27. The van der Waals surface area contributed by atoms with Crippen LogP contribution in [0.3, 0.4) is 0 Å². The van der Waals surface area contributed by atoms with Crippen LogP contribution in [0.15, 0.2) is 42.9 Å². The van der Waals surface area contributed by atoms with Crippen molar-refractivity contribution in [3.05, 3.63) is 54.0 Å². The van der Waals surface area contributed by atoms with Crippen LogP contribution in [0.5, 0.6) is 5.88 Å². The molecule has 9 nitrogen and oxygen atoms in total. The summed E-state index contributed by atoms with van der Waals surface area (Å²) < 4.78 is 16.9. The van der Waals surface area contributed by atoms with Crippen molar-refractivity contribution in [3.63, 3.8) is 0 Å². The third-order valence-corrected chi connectivity index (χ3v) is 5.22. The van der Waals surface area contributed by atoms with Crippen molar-refractivity contribution in [1.82, 2.24) is 20.3 Å². The van der Waals surface area contributed by atoms with Gasteiger partial charge in [-0.15, -0.1) is 0 Å². The van der Waals surface area contributed by atoms with Gasteiger partial charge < -0.3 is 29.9 Å². The van der Waals surface area contributed by atoms with Crippen LogP contribution in [0.2, 0.25) is 0 Å². The third kappa shape index (κ3) is 5.60. The predicted octanol–water partition coefficient (Wildman–Crippen LogP) is 1.41. The number of fused-ring (bicyclic) bond motifs is 1. The molecule has 2 aromatic heterocycles. The first-order valence-electron chi connectivity index (χ1n) is 8.80. The van der Waals surface area contributed by atoms with Crippen molar-refractivity contribution in [1.29, 1.82) is 0 Å². The Morgan fingerprint density at radius 1 is 1.21 bits per heavy atom. The van der Waals surface area contributed by atoms with Gasteiger partial charge in [0.2, 0.25) is 5.88 Å². The van der Waals surface area contributed by atoms with Gasteiger partial charge in [-0.1, -0.05) is 30.3 Å². The summed E-state index contributed by atoms with van der Waals surface area (Å²) in [6, 6.07) is 9.77. The van der Waals surface area contributed by atoms with Crippen LogP contribution in [0.25, 0.3) is 11.0 Å². The second-order valence-corrected chi connectivity index (χ2v) is 8.21. The molecule has 0 fully saturated rings. The summed E-state index contributed by atoms with van der Waals surface area (Å²) in [7, 11) is -4.16. The predicted molar refractivity (Wildman–Crippen MR) is 104 cm³/mol. The fourth-order valence-electron chi connectivity index (χ4n) is 2.87. The quantitative estimate of drug-likeness (QED) is 0.318. The van der Waals surface area contributed by atoms with Crippen LogP contribution >= 0.6 is 7.60 Å². The summed E-state index contributed by atoms with van der Waals surface area (Å²) in [6.45, 7) is 0.787. The molecule has 0 amide bonds. The second-order valence-electron chi connectivity index (χ2n) is 6.52. The van der Waals surface area contributed by atoms with Gasteiger partial charge in [0, 0.05) is 37.4 Å². The highest BCUT2D eigenvalue weighted by Crippen LogP contribution is 2.36. The summed E-state index contributed by atoms with van der Waals surface area (Å²) in [5, 5.41) is 12.4. The second kappa shape index (κ2) is 9.27. The number of hydrogen-bond acceptors (Lipinski definition) is 6. The topological polar surface area (TPSA) is 141 Å². The van der Waals surface area contributed by atoms with E-state index in [1.54, 1.807) is 6.20 Å². The van der Waals surface area contributed by atoms with Crippen LogP contribution in [0, 0.1) is 5.92 Å². The van der Waals surface area contributed by atoms with Crippen molar-refractivity contribution < 1.29 is 24.2 Å². The lowest BCUT2D eigenvalue weighted by Gasteiger charge is -2.15. The van der Waals surface area contributed by atoms with E-state index in [-0.39, 0.29) is 19.3 Å². The van der Waals surface area contributed by atoms with Crippen LogP contribution in [0.1, 0.15) is 11.1 Å². The average Bonchev–Trinajstić information content (AvgIpc) is 3.09. The molecule has 1 unspecified atom stereocenters. The molecule has 0 saturated heterocycles. The molecule has 1 atom stereocenters. The van der Waals surface area contributed by atoms with E-state index in [0.29, 0.717) is 30.1 Å². The lowest BCUT2D eigenvalue weighted by atomic mass is 10.2. The number of ether oxygens (including phenoxy) is 1. The molecule has 10 heteroatoms. The Labute approximate surface area is 162 Å². The van der Waals surface area contributed by atoms with Gasteiger partial charge in [0.15, 0.2) is 0 Å². The van der Waals surface area contributed by atoms with E-state index in [1.165, 1.54) is 6.33 Å². The molecule has 28 heavy (non-hydrogen) atoms. The fraction of sp³-hybridized carbons (Fsp3) is 0.333. The van der Waals surface area contributed by atoms with Gasteiger partial charge in [-0.05, 0) is 5.56 Å². The summed E-state index contributed by atoms with van der Waals surface area (Å²) >= 11 is 0. The first kappa shape index (κ1) is 20.4. The number of aliphatic hydroxyl groups is 1. The van der Waals surface area contributed by atoms with Crippen molar-refractivity contribution in [2.75, 3.05) is 19.3 Å². The fourth-order valence-corrected chi connectivity index (χ4v) is 3.79. The molecule has 0 spiro atoms. The minimum absolute atomic E-state index is 0.275. The molecular formula is C18H23N4O5P. The van der Waals surface area contributed by atoms with Crippen molar-refractivity contribution in [3.8, 4) is 5.88 Å². The standard InChI is InChI=1S/C18H23N4O5P/c23-9-14(11-28(24,25)26)6-19-7-15-8-20-17-16(15)21-12-22-18(17)27-10-13-4-2-1-3-5-13/h1-5,8,12,14,19-20,23H,6-7,9-11H2,(H2,24,25,26). The SMILES string of the molecule is O=P(O)(O)CC(CO)CNCc1c[nH]c2c(OCc3ccccc3)ncnc12. The average molecular weight is 406 g/mol. The van der Waals surface area contributed by atoms with Gasteiger partial charge in [0.05, 0.1) is 11.7 Å². The normalized spacial score (nSPS) is 13.0. The molecule has 0 radical (unpaired) electrons.